The summed E-state index contributed by atoms with van der Waals surface area (Å²) in [6.45, 7) is 0. The Morgan fingerprint density at radius 1 is 0.950 bits per heavy atom. The summed E-state index contributed by atoms with van der Waals surface area (Å²) in [5.74, 6) is -0.0465. The lowest BCUT2D eigenvalue weighted by atomic mass is 10.1. The predicted octanol–water partition coefficient (Wildman–Crippen LogP) is 3.26. The van der Waals surface area contributed by atoms with Crippen LogP contribution in [0.15, 0.2) is 60.7 Å². The Morgan fingerprint density at radius 3 is 2.05 bits per heavy atom. The van der Waals surface area contributed by atoms with Crippen LogP contribution in [0.1, 0.15) is 22.8 Å². The van der Waals surface area contributed by atoms with Crippen LogP contribution in [0.4, 0.5) is 0 Å². The maximum absolute atomic E-state index is 12.5. The Balaban J connectivity index is 2.32. The number of hydrogen-bond acceptors (Lipinski definition) is 3. The zero-order chi connectivity index (χ0) is 14.4. The summed E-state index contributed by atoms with van der Waals surface area (Å²) in [7, 11) is -3.41. The molecule has 3 nitrogen and oxygen atoms in total. The van der Waals surface area contributed by atoms with Crippen molar-refractivity contribution in [2.45, 2.75) is 17.4 Å². The number of rotatable bonds is 5. The fourth-order valence-electron chi connectivity index (χ4n) is 2.11. The average Bonchev–Trinajstić information content (AvgIpc) is 2.46. The molecular formula is C16H15NO2S. The molecule has 0 spiro atoms. The quantitative estimate of drug-likeness (QED) is 0.847. The summed E-state index contributed by atoms with van der Waals surface area (Å²) in [6.07, 6.45) is -0.0286. The van der Waals surface area contributed by atoms with Crippen LogP contribution in [-0.2, 0) is 15.6 Å². The first-order chi connectivity index (χ1) is 9.63. The second kappa shape index (κ2) is 6.36. The van der Waals surface area contributed by atoms with E-state index in [1.54, 1.807) is 36.4 Å². The minimum Gasteiger partial charge on any atom is -0.228 e. The average molecular weight is 285 g/mol. The maximum atomic E-state index is 12.5. The predicted molar refractivity (Wildman–Crippen MR) is 78.5 cm³/mol. The van der Waals surface area contributed by atoms with Crippen molar-refractivity contribution in [1.29, 1.82) is 5.26 Å². The first kappa shape index (κ1) is 14.3. The smallest absolute Gasteiger partial charge is 0.162 e. The molecule has 20 heavy (non-hydrogen) atoms. The van der Waals surface area contributed by atoms with Crippen LogP contribution < -0.4 is 0 Å². The Morgan fingerprint density at radius 2 is 1.50 bits per heavy atom. The van der Waals surface area contributed by atoms with E-state index in [1.165, 1.54) is 0 Å². The van der Waals surface area contributed by atoms with Crippen LogP contribution in [0.5, 0.6) is 0 Å². The standard InChI is InChI=1S/C16H15NO2S/c17-12-11-16(15-9-5-2-6-10-15)20(18,19)13-14-7-3-1-4-8-14/h1-10,16H,11,13H2. The normalized spacial score (nSPS) is 12.6. The first-order valence-electron chi connectivity index (χ1n) is 6.31. The molecule has 1 atom stereocenters. The maximum Gasteiger partial charge on any atom is 0.162 e. The minimum atomic E-state index is -3.41. The number of nitrogens with zero attached hydrogens (tertiary/aromatic N) is 1. The van der Waals surface area contributed by atoms with Gasteiger partial charge in [-0.1, -0.05) is 60.7 Å². The molecular weight excluding hydrogens is 270 g/mol. The van der Waals surface area contributed by atoms with E-state index < -0.39 is 15.1 Å². The Labute approximate surface area is 119 Å². The van der Waals surface area contributed by atoms with Gasteiger partial charge < -0.3 is 0 Å². The number of hydrogen-bond donors (Lipinski definition) is 0. The molecule has 2 aromatic rings. The molecule has 0 fully saturated rings. The molecule has 2 aromatic carbocycles. The van der Waals surface area contributed by atoms with E-state index in [9.17, 15) is 8.42 Å². The highest BCUT2D eigenvalue weighted by Crippen LogP contribution is 2.28. The summed E-state index contributed by atoms with van der Waals surface area (Å²) in [6, 6.07) is 19.9. The van der Waals surface area contributed by atoms with E-state index in [1.807, 2.05) is 30.3 Å². The van der Waals surface area contributed by atoms with Crippen molar-refractivity contribution >= 4 is 9.84 Å². The molecule has 0 aliphatic carbocycles. The van der Waals surface area contributed by atoms with Crippen molar-refractivity contribution < 1.29 is 8.42 Å². The Bertz CT molecular complexity index is 688. The van der Waals surface area contributed by atoms with E-state index >= 15 is 0 Å². The van der Waals surface area contributed by atoms with Crippen molar-refractivity contribution in [3.63, 3.8) is 0 Å². The number of benzene rings is 2. The minimum absolute atomic E-state index is 0.0286. The van der Waals surface area contributed by atoms with Gasteiger partial charge in [-0.15, -0.1) is 0 Å². The van der Waals surface area contributed by atoms with Gasteiger partial charge >= 0.3 is 0 Å². The molecule has 0 saturated heterocycles. The van der Waals surface area contributed by atoms with Crippen molar-refractivity contribution in [3.05, 3.63) is 71.8 Å². The molecule has 0 aromatic heterocycles. The zero-order valence-corrected chi connectivity index (χ0v) is 11.8. The molecule has 0 amide bonds. The molecule has 0 aliphatic rings. The molecule has 102 valence electrons. The van der Waals surface area contributed by atoms with Gasteiger partial charge in [-0.3, -0.25) is 0 Å². The van der Waals surface area contributed by atoms with Gasteiger partial charge in [0.05, 0.1) is 23.5 Å². The van der Waals surface area contributed by atoms with E-state index in [2.05, 4.69) is 0 Å². The van der Waals surface area contributed by atoms with Gasteiger partial charge in [0, 0.05) is 0 Å². The van der Waals surface area contributed by atoms with Gasteiger partial charge in [-0.25, -0.2) is 8.42 Å². The number of nitriles is 1. The van der Waals surface area contributed by atoms with Crippen molar-refractivity contribution in [3.8, 4) is 6.07 Å². The van der Waals surface area contributed by atoms with Crippen LogP contribution in [0.3, 0.4) is 0 Å². The lowest BCUT2D eigenvalue weighted by Gasteiger charge is -2.15. The molecule has 4 heteroatoms. The fourth-order valence-corrected chi connectivity index (χ4v) is 3.87. The third kappa shape index (κ3) is 3.46. The van der Waals surface area contributed by atoms with Gasteiger partial charge in [-0.05, 0) is 11.1 Å². The van der Waals surface area contributed by atoms with E-state index in [0.717, 1.165) is 5.56 Å². The molecule has 0 radical (unpaired) electrons. The lowest BCUT2D eigenvalue weighted by molar-refractivity contribution is 0.581. The Hall–Kier alpha value is -2.12. The molecule has 0 bridgehead atoms. The van der Waals surface area contributed by atoms with Gasteiger partial charge in [0.1, 0.15) is 0 Å². The SMILES string of the molecule is N#CCC(c1ccccc1)S(=O)(=O)Cc1ccccc1. The molecule has 2 rings (SSSR count). The van der Waals surface area contributed by atoms with Crippen molar-refractivity contribution in [1.82, 2.24) is 0 Å². The molecule has 0 heterocycles. The third-order valence-electron chi connectivity index (χ3n) is 3.09. The third-order valence-corrected chi connectivity index (χ3v) is 5.13. The largest absolute Gasteiger partial charge is 0.228 e. The van der Waals surface area contributed by atoms with Crippen LogP contribution in [0.25, 0.3) is 0 Å². The van der Waals surface area contributed by atoms with Crippen molar-refractivity contribution in [2.24, 2.45) is 0 Å². The highest BCUT2D eigenvalue weighted by atomic mass is 32.2. The van der Waals surface area contributed by atoms with Gasteiger partial charge in [0.15, 0.2) is 9.84 Å². The van der Waals surface area contributed by atoms with E-state index in [0.29, 0.717) is 5.56 Å². The highest BCUT2D eigenvalue weighted by Gasteiger charge is 2.27. The summed E-state index contributed by atoms with van der Waals surface area (Å²) in [5.41, 5.74) is 1.41. The van der Waals surface area contributed by atoms with Gasteiger partial charge in [-0.2, -0.15) is 5.26 Å². The second-order valence-corrected chi connectivity index (χ2v) is 6.74. The van der Waals surface area contributed by atoms with Crippen LogP contribution >= 0.6 is 0 Å². The van der Waals surface area contributed by atoms with E-state index in [4.69, 9.17) is 5.26 Å². The summed E-state index contributed by atoms with van der Waals surface area (Å²) in [5, 5.41) is 8.14. The second-order valence-electron chi connectivity index (χ2n) is 4.55. The fraction of sp³-hybridized carbons (Fsp3) is 0.188. The summed E-state index contributed by atoms with van der Waals surface area (Å²) < 4.78 is 25.1. The van der Waals surface area contributed by atoms with Gasteiger partial charge in [0.2, 0.25) is 0 Å². The summed E-state index contributed by atoms with van der Waals surface area (Å²) >= 11 is 0. The Kier molecular flexibility index (Phi) is 4.54. The van der Waals surface area contributed by atoms with Crippen LogP contribution in [0.2, 0.25) is 0 Å². The number of sulfone groups is 1. The molecule has 0 aliphatic heterocycles. The van der Waals surface area contributed by atoms with Gasteiger partial charge in [0.25, 0.3) is 0 Å². The lowest BCUT2D eigenvalue weighted by Crippen LogP contribution is -2.15. The van der Waals surface area contributed by atoms with E-state index in [-0.39, 0.29) is 12.2 Å². The first-order valence-corrected chi connectivity index (χ1v) is 8.02. The topological polar surface area (TPSA) is 57.9 Å². The monoisotopic (exact) mass is 285 g/mol. The van der Waals surface area contributed by atoms with Crippen molar-refractivity contribution in [2.75, 3.05) is 0 Å². The molecule has 0 N–H and O–H groups in total. The highest BCUT2D eigenvalue weighted by molar-refractivity contribution is 7.90. The summed E-state index contributed by atoms with van der Waals surface area (Å²) in [4.78, 5) is 0. The molecule has 1 unspecified atom stereocenters. The van der Waals surface area contributed by atoms with Crippen LogP contribution in [0, 0.1) is 11.3 Å². The zero-order valence-electron chi connectivity index (χ0n) is 10.9. The van der Waals surface area contributed by atoms with Crippen LogP contribution in [-0.4, -0.2) is 8.42 Å². The molecule has 0 saturated carbocycles.